The molecule has 3 atom stereocenters. The first kappa shape index (κ1) is 10.8. The van der Waals surface area contributed by atoms with Crippen molar-refractivity contribution in [2.75, 3.05) is 19.6 Å². The Morgan fingerprint density at radius 3 is 3.00 bits per heavy atom. The van der Waals surface area contributed by atoms with Crippen LogP contribution in [0.3, 0.4) is 0 Å². The van der Waals surface area contributed by atoms with Gasteiger partial charge in [0.15, 0.2) is 0 Å². The second-order valence-corrected chi connectivity index (χ2v) is 6.64. The highest BCUT2D eigenvalue weighted by atomic mass is 32.1. The molecule has 2 aliphatic heterocycles. The van der Waals surface area contributed by atoms with Crippen LogP contribution in [0.1, 0.15) is 16.7 Å². The monoisotopic (exact) mass is 236 g/mol. The summed E-state index contributed by atoms with van der Waals surface area (Å²) in [5.74, 6) is 1.79. The Bertz CT molecular complexity index is 374. The molecule has 2 saturated heterocycles. The van der Waals surface area contributed by atoms with E-state index in [9.17, 15) is 0 Å². The van der Waals surface area contributed by atoms with Gasteiger partial charge >= 0.3 is 0 Å². The number of fused-ring (bicyclic) bond motifs is 1. The van der Waals surface area contributed by atoms with Crippen LogP contribution < -0.4 is 5.32 Å². The third-order valence-electron chi connectivity index (χ3n) is 4.21. The molecule has 3 unspecified atom stereocenters. The molecule has 3 heterocycles. The molecule has 0 radical (unpaired) electrons. The van der Waals surface area contributed by atoms with Crippen LogP contribution in [0, 0.1) is 18.8 Å². The highest BCUT2D eigenvalue weighted by Gasteiger charge is 2.41. The van der Waals surface area contributed by atoms with Gasteiger partial charge in [0, 0.05) is 28.9 Å². The summed E-state index contributed by atoms with van der Waals surface area (Å²) >= 11 is 1.95. The van der Waals surface area contributed by atoms with E-state index in [2.05, 4.69) is 36.2 Å². The van der Waals surface area contributed by atoms with Crippen molar-refractivity contribution < 1.29 is 0 Å². The van der Waals surface area contributed by atoms with Gasteiger partial charge in [0.05, 0.1) is 0 Å². The van der Waals surface area contributed by atoms with E-state index in [1.807, 2.05) is 11.3 Å². The van der Waals surface area contributed by atoms with Crippen LogP contribution in [0.15, 0.2) is 12.1 Å². The minimum Gasteiger partial charge on any atom is -0.316 e. The summed E-state index contributed by atoms with van der Waals surface area (Å²) in [6.45, 7) is 9.50. The Hall–Kier alpha value is -0.380. The molecule has 0 aliphatic carbocycles. The number of hydrogen-bond donors (Lipinski definition) is 1. The summed E-state index contributed by atoms with van der Waals surface area (Å²) < 4.78 is 0. The molecular weight excluding hydrogens is 216 g/mol. The summed E-state index contributed by atoms with van der Waals surface area (Å²) in [5, 5.41) is 3.52. The molecule has 0 amide bonds. The van der Waals surface area contributed by atoms with Gasteiger partial charge < -0.3 is 5.32 Å². The predicted octanol–water partition coefficient (Wildman–Crippen LogP) is 2.10. The third-order valence-corrected chi connectivity index (χ3v) is 5.20. The fourth-order valence-electron chi connectivity index (χ4n) is 3.23. The van der Waals surface area contributed by atoms with Crippen LogP contribution in [0.5, 0.6) is 0 Å². The summed E-state index contributed by atoms with van der Waals surface area (Å²) in [5.41, 5.74) is 0. The number of thiophene rings is 1. The van der Waals surface area contributed by atoms with E-state index in [1.165, 1.54) is 29.4 Å². The summed E-state index contributed by atoms with van der Waals surface area (Å²) in [6, 6.07) is 5.28. The van der Waals surface area contributed by atoms with Gasteiger partial charge in [-0.05, 0) is 50.9 Å². The van der Waals surface area contributed by atoms with Gasteiger partial charge in [0.1, 0.15) is 0 Å². The second-order valence-electron chi connectivity index (χ2n) is 5.26. The zero-order valence-electron chi connectivity index (χ0n) is 10.1. The van der Waals surface area contributed by atoms with E-state index in [1.54, 1.807) is 0 Å². The van der Waals surface area contributed by atoms with E-state index in [4.69, 9.17) is 0 Å². The molecule has 2 aliphatic rings. The number of hydrogen-bond acceptors (Lipinski definition) is 3. The van der Waals surface area contributed by atoms with E-state index in [0.29, 0.717) is 0 Å². The molecule has 0 aromatic carbocycles. The fourth-order valence-corrected chi connectivity index (χ4v) is 4.15. The third kappa shape index (κ3) is 1.81. The van der Waals surface area contributed by atoms with Crippen molar-refractivity contribution in [2.45, 2.75) is 26.4 Å². The minimum atomic E-state index is 0.752. The molecule has 2 nitrogen and oxygen atoms in total. The summed E-state index contributed by atoms with van der Waals surface area (Å²) in [4.78, 5) is 5.63. The Morgan fingerprint density at radius 2 is 2.31 bits per heavy atom. The topological polar surface area (TPSA) is 15.3 Å². The maximum absolute atomic E-state index is 3.52. The zero-order chi connectivity index (χ0) is 11.1. The maximum Gasteiger partial charge on any atom is 0.0331 e. The van der Waals surface area contributed by atoms with Crippen molar-refractivity contribution in [1.82, 2.24) is 10.2 Å². The van der Waals surface area contributed by atoms with Crippen molar-refractivity contribution in [2.24, 2.45) is 11.8 Å². The fraction of sp³-hybridized carbons (Fsp3) is 0.692. The zero-order valence-corrected chi connectivity index (χ0v) is 10.9. The van der Waals surface area contributed by atoms with Gasteiger partial charge in [-0.2, -0.15) is 0 Å². The van der Waals surface area contributed by atoms with Gasteiger partial charge in [-0.1, -0.05) is 0 Å². The van der Waals surface area contributed by atoms with E-state index in [-0.39, 0.29) is 0 Å². The van der Waals surface area contributed by atoms with E-state index >= 15 is 0 Å². The predicted molar refractivity (Wildman–Crippen MR) is 68.8 cm³/mol. The van der Waals surface area contributed by atoms with Crippen LogP contribution in [0.4, 0.5) is 0 Å². The maximum atomic E-state index is 3.52. The molecular formula is C13H20N2S. The number of rotatable bonds is 2. The van der Waals surface area contributed by atoms with Crippen molar-refractivity contribution in [3.05, 3.63) is 21.9 Å². The van der Waals surface area contributed by atoms with Crippen LogP contribution in [0.25, 0.3) is 0 Å². The van der Waals surface area contributed by atoms with Crippen molar-refractivity contribution in [3.63, 3.8) is 0 Å². The molecule has 88 valence electrons. The quantitative estimate of drug-likeness (QED) is 0.846. The first-order valence-electron chi connectivity index (χ1n) is 6.24. The Labute approximate surface area is 102 Å². The van der Waals surface area contributed by atoms with Crippen molar-refractivity contribution in [3.8, 4) is 0 Å². The van der Waals surface area contributed by atoms with Crippen LogP contribution in [0.2, 0.25) is 0 Å². The summed E-state index contributed by atoms with van der Waals surface area (Å²) in [7, 11) is 0. The lowest BCUT2D eigenvalue weighted by Crippen LogP contribution is -2.32. The SMILES string of the molecule is Cc1ccc(CN2CC3CNCC3C2C)s1. The Morgan fingerprint density at radius 1 is 1.44 bits per heavy atom. The van der Waals surface area contributed by atoms with Crippen LogP contribution in [-0.4, -0.2) is 30.6 Å². The molecule has 1 aromatic heterocycles. The Kier molecular flexibility index (Phi) is 2.78. The smallest absolute Gasteiger partial charge is 0.0331 e. The Balaban J connectivity index is 1.68. The minimum absolute atomic E-state index is 0.752. The molecule has 2 fully saturated rings. The number of nitrogens with zero attached hydrogens (tertiary/aromatic N) is 1. The van der Waals surface area contributed by atoms with Crippen LogP contribution in [-0.2, 0) is 6.54 Å². The first-order valence-corrected chi connectivity index (χ1v) is 7.06. The molecule has 3 rings (SSSR count). The molecule has 0 spiro atoms. The molecule has 16 heavy (non-hydrogen) atoms. The van der Waals surface area contributed by atoms with E-state index < -0.39 is 0 Å². The highest BCUT2D eigenvalue weighted by Crippen LogP contribution is 2.33. The molecule has 1 N–H and O–H groups in total. The van der Waals surface area contributed by atoms with Gasteiger partial charge in [-0.25, -0.2) is 0 Å². The lowest BCUT2D eigenvalue weighted by Gasteiger charge is -2.23. The molecule has 0 saturated carbocycles. The average molecular weight is 236 g/mol. The van der Waals surface area contributed by atoms with Gasteiger partial charge in [0.25, 0.3) is 0 Å². The standard InChI is InChI=1S/C13H20N2S/c1-9-3-4-12(16-9)8-15-7-11-5-14-6-13(11)10(15)2/h3-4,10-11,13-14H,5-8H2,1-2H3. The molecule has 3 heteroatoms. The highest BCUT2D eigenvalue weighted by molar-refractivity contribution is 7.11. The largest absolute Gasteiger partial charge is 0.316 e. The number of nitrogens with one attached hydrogen (secondary N) is 1. The van der Waals surface area contributed by atoms with Gasteiger partial charge in [0.2, 0.25) is 0 Å². The lowest BCUT2D eigenvalue weighted by atomic mass is 9.95. The normalized spacial score (nSPS) is 34.5. The van der Waals surface area contributed by atoms with E-state index in [0.717, 1.165) is 24.4 Å². The lowest BCUT2D eigenvalue weighted by molar-refractivity contribution is 0.233. The van der Waals surface area contributed by atoms with Gasteiger partial charge in [-0.3, -0.25) is 4.90 Å². The number of likely N-dealkylation sites (tertiary alicyclic amines) is 1. The van der Waals surface area contributed by atoms with Gasteiger partial charge in [-0.15, -0.1) is 11.3 Å². The van der Waals surface area contributed by atoms with Crippen LogP contribution >= 0.6 is 11.3 Å². The second kappa shape index (κ2) is 4.13. The first-order chi connectivity index (χ1) is 7.74. The molecule has 0 bridgehead atoms. The van der Waals surface area contributed by atoms with Crippen molar-refractivity contribution >= 4 is 11.3 Å². The van der Waals surface area contributed by atoms with Crippen molar-refractivity contribution in [1.29, 1.82) is 0 Å². The average Bonchev–Trinajstić information content (AvgIpc) is 2.90. The molecule has 1 aromatic rings. The summed E-state index contributed by atoms with van der Waals surface area (Å²) in [6.07, 6.45) is 0. The number of aryl methyl sites for hydroxylation is 1.